The fourth-order valence-electron chi connectivity index (χ4n) is 2.19. The molecule has 1 N–H and O–H groups in total. The van der Waals surface area contributed by atoms with Gasteiger partial charge in [0.25, 0.3) is 0 Å². The number of benzene rings is 1. The molecule has 0 radical (unpaired) electrons. The summed E-state index contributed by atoms with van der Waals surface area (Å²) in [6, 6.07) is 11.5. The number of hydrogen-bond donors (Lipinski definition) is 1. The van der Waals surface area contributed by atoms with Gasteiger partial charge in [-0.3, -0.25) is 0 Å². The predicted molar refractivity (Wildman–Crippen MR) is 65.0 cm³/mol. The van der Waals surface area contributed by atoms with Crippen molar-refractivity contribution in [1.29, 1.82) is 0 Å². The third kappa shape index (κ3) is 3.35. The predicted octanol–water partition coefficient (Wildman–Crippen LogP) is 3.01. The SMILES string of the molecule is CCC(NCCc1ccccc1)C1CC1. The molecule has 1 heteroatoms. The monoisotopic (exact) mass is 203 g/mol. The standard InChI is InChI=1S/C14H21N/c1-2-14(13-8-9-13)15-11-10-12-6-4-3-5-7-12/h3-7,13-15H,2,8-11H2,1H3. The summed E-state index contributed by atoms with van der Waals surface area (Å²) < 4.78 is 0. The molecule has 1 unspecified atom stereocenters. The van der Waals surface area contributed by atoms with Gasteiger partial charge in [0.1, 0.15) is 0 Å². The molecule has 1 atom stereocenters. The molecule has 0 heterocycles. The fraction of sp³-hybridized carbons (Fsp3) is 0.571. The summed E-state index contributed by atoms with van der Waals surface area (Å²) in [4.78, 5) is 0. The molecule has 0 spiro atoms. The maximum Gasteiger partial charge on any atom is 0.00928 e. The van der Waals surface area contributed by atoms with Crippen LogP contribution < -0.4 is 5.32 Å². The van der Waals surface area contributed by atoms with Crippen molar-refractivity contribution in [1.82, 2.24) is 5.32 Å². The Bertz CT molecular complexity index is 277. The molecule has 1 fully saturated rings. The quantitative estimate of drug-likeness (QED) is 0.749. The van der Waals surface area contributed by atoms with Crippen molar-refractivity contribution in [2.24, 2.45) is 5.92 Å². The van der Waals surface area contributed by atoms with E-state index in [1.165, 1.54) is 24.8 Å². The van der Waals surface area contributed by atoms with Gasteiger partial charge in [-0.2, -0.15) is 0 Å². The van der Waals surface area contributed by atoms with Gasteiger partial charge in [0.15, 0.2) is 0 Å². The van der Waals surface area contributed by atoms with E-state index < -0.39 is 0 Å². The second-order valence-corrected chi connectivity index (χ2v) is 4.54. The minimum Gasteiger partial charge on any atom is -0.313 e. The number of hydrogen-bond acceptors (Lipinski definition) is 1. The summed E-state index contributed by atoms with van der Waals surface area (Å²) in [6.45, 7) is 3.41. The molecule has 0 aromatic heterocycles. The number of rotatable bonds is 6. The lowest BCUT2D eigenvalue weighted by atomic mass is 10.1. The second-order valence-electron chi connectivity index (χ2n) is 4.54. The van der Waals surface area contributed by atoms with Gasteiger partial charge in [0, 0.05) is 6.04 Å². The highest BCUT2D eigenvalue weighted by Crippen LogP contribution is 2.33. The largest absolute Gasteiger partial charge is 0.313 e. The van der Waals surface area contributed by atoms with Crippen molar-refractivity contribution in [2.75, 3.05) is 6.54 Å². The summed E-state index contributed by atoms with van der Waals surface area (Å²) in [7, 11) is 0. The fourth-order valence-corrected chi connectivity index (χ4v) is 2.19. The van der Waals surface area contributed by atoms with Gasteiger partial charge in [0.05, 0.1) is 0 Å². The van der Waals surface area contributed by atoms with Crippen LogP contribution in [0.25, 0.3) is 0 Å². The van der Waals surface area contributed by atoms with Crippen LogP contribution in [0.1, 0.15) is 31.7 Å². The molecule has 0 bridgehead atoms. The summed E-state index contributed by atoms with van der Waals surface area (Å²) in [5, 5.41) is 3.68. The highest BCUT2D eigenvalue weighted by molar-refractivity contribution is 5.14. The zero-order chi connectivity index (χ0) is 10.5. The first-order chi connectivity index (χ1) is 7.40. The Morgan fingerprint density at radius 1 is 1.27 bits per heavy atom. The van der Waals surface area contributed by atoms with Gasteiger partial charge in [-0.05, 0) is 43.7 Å². The molecule has 15 heavy (non-hydrogen) atoms. The third-order valence-corrected chi connectivity index (χ3v) is 3.29. The molecular weight excluding hydrogens is 182 g/mol. The maximum absolute atomic E-state index is 3.68. The Morgan fingerprint density at radius 2 is 2.00 bits per heavy atom. The molecule has 1 aromatic carbocycles. The zero-order valence-electron chi connectivity index (χ0n) is 9.58. The van der Waals surface area contributed by atoms with E-state index in [1.807, 2.05) is 0 Å². The smallest absolute Gasteiger partial charge is 0.00928 e. The van der Waals surface area contributed by atoms with Crippen LogP contribution in [0.2, 0.25) is 0 Å². The first kappa shape index (κ1) is 10.7. The topological polar surface area (TPSA) is 12.0 Å². The summed E-state index contributed by atoms with van der Waals surface area (Å²) in [6.07, 6.45) is 5.32. The van der Waals surface area contributed by atoms with E-state index >= 15 is 0 Å². The van der Waals surface area contributed by atoms with Crippen LogP contribution in [0.4, 0.5) is 0 Å². The Kier molecular flexibility index (Phi) is 3.79. The van der Waals surface area contributed by atoms with Crippen molar-refractivity contribution < 1.29 is 0 Å². The Labute approximate surface area is 92.9 Å². The van der Waals surface area contributed by atoms with Crippen molar-refractivity contribution in [3.05, 3.63) is 35.9 Å². The molecule has 1 nitrogen and oxygen atoms in total. The minimum absolute atomic E-state index is 0.772. The number of nitrogens with one attached hydrogen (secondary N) is 1. The van der Waals surface area contributed by atoms with Crippen LogP contribution in [-0.4, -0.2) is 12.6 Å². The molecule has 1 aliphatic rings. The van der Waals surface area contributed by atoms with E-state index in [-0.39, 0.29) is 0 Å². The summed E-state index contributed by atoms with van der Waals surface area (Å²) in [5.41, 5.74) is 1.44. The van der Waals surface area contributed by atoms with Crippen LogP contribution in [0.15, 0.2) is 30.3 Å². The maximum atomic E-state index is 3.68. The molecule has 1 saturated carbocycles. The second kappa shape index (κ2) is 5.32. The highest BCUT2D eigenvalue weighted by atomic mass is 14.9. The van der Waals surface area contributed by atoms with Crippen LogP contribution in [0.3, 0.4) is 0 Å². The lowest BCUT2D eigenvalue weighted by molar-refractivity contribution is 0.453. The van der Waals surface area contributed by atoms with Crippen LogP contribution in [0, 0.1) is 5.92 Å². The molecule has 0 amide bonds. The first-order valence-electron chi connectivity index (χ1n) is 6.17. The van der Waals surface area contributed by atoms with Crippen molar-refractivity contribution in [2.45, 2.75) is 38.6 Å². The van der Waals surface area contributed by atoms with Gasteiger partial charge in [-0.25, -0.2) is 0 Å². The van der Waals surface area contributed by atoms with Gasteiger partial charge in [-0.15, -0.1) is 0 Å². The van der Waals surface area contributed by atoms with Crippen LogP contribution in [0.5, 0.6) is 0 Å². The molecule has 1 aliphatic carbocycles. The first-order valence-corrected chi connectivity index (χ1v) is 6.17. The molecular formula is C14H21N. The summed E-state index contributed by atoms with van der Waals surface area (Å²) in [5.74, 6) is 0.978. The molecule has 0 saturated heterocycles. The molecule has 0 aliphatic heterocycles. The Morgan fingerprint density at radius 3 is 2.60 bits per heavy atom. The average molecular weight is 203 g/mol. The van der Waals surface area contributed by atoms with Gasteiger partial charge in [-0.1, -0.05) is 37.3 Å². The lowest BCUT2D eigenvalue weighted by Crippen LogP contribution is -2.32. The molecule has 1 aromatic rings. The highest BCUT2D eigenvalue weighted by Gasteiger charge is 2.29. The van der Waals surface area contributed by atoms with E-state index in [1.54, 1.807) is 0 Å². The van der Waals surface area contributed by atoms with E-state index in [4.69, 9.17) is 0 Å². The van der Waals surface area contributed by atoms with Gasteiger partial charge in [0.2, 0.25) is 0 Å². The van der Waals surface area contributed by atoms with E-state index in [2.05, 4.69) is 42.6 Å². The van der Waals surface area contributed by atoms with E-state index in [9.17, 15) is 0 Å². The Balaban J connectivity index is 1.69. The van der Waals surface area contributed by atoms with Crippen LogP contribution in [-0.2, 0) is 6.42 Å². The van der Waals surface area contributed by atoms with Crippen molar-refractivity contribution in [3.8, 4) is 0 Å². The van der Waals surface area contributed by atoms with Crippen LogP contribution >= 0.6 is 0 Å². The lowest BCUT2D eigenvalue weighted by Gasteiger charge is -2.15. The minimum atomic E-state index is 0.772. The van der Waals surface area contributed by atoms with E-state index in [0.717, 1.165) is 24.9 Å². The zero-order valence-corrected chi connectivity index (χ0v) is 9.58. The third-order valence-electron chi connectivity index (χ3n) is 3.29. The summed E-state index contributed by atoms with van der Waals surface area (Å²) >= 11 is 0. The molecule has 2 rings (SSSR count). The van der Waals surface area contributed by atoms with E-state index in [0.29, 0.717) is 0 Å². The average Bonchev–Trinajstić information content (AvgIpc) is 3.10. The van der Waals surface area contributed by atoms with Gasteiger partial charge >= 0.3 is 0 Å². The van der Waals surface area contributed by atoms with Crippen molar-refractivity contribution in [3.63, 3.8) is 0 Å². The normalized spacial score (nSPS) is 17.7. The Hall–Kier alpha value is -0.820. The van der Waals surface area contributed by atoms with Gasteiger partial charge < -0.3 is 5.32 Å². The molecule has 82 valence electrons. The van der Waals surface area contributed by atoms with Crippen molar-refractivity contribution >= 4 is 0 Å².